The predicted molar refractivity (Wildman–Crippen MR) is 102 cm³/mol. The highest BCUT2D eigenvalue weighted by molar-refractivity contribution is 6.33. The molecule has 2 aromatic carbocycles. The molecule has 0 fully saturated rings. The first-order valence-corrected chi connectivity index (χ1v) is 8.58. The van der Waals surface area contributed by atoms with Crippen molar-refractivity contribution in [2.75, 3.05) is 11.9 Å². The van der Waals surface area contributed by atoms with Gasteiger partial charge in [-0.25, -0.2) is 0 Å². The molecule has 6 heteroatoms. The first kappa shape index (κ1) is 18.0. The zero-order valence-electron chi connectivity index (χ0n) is 14.6. The number of amides is 1. The fourth-order valence-electron chi connectivity index (χ4n) is 2.79. The fraction of sp³-hybridized carbons (Fsp3) is 0.200. The number of aromatic nitrogens is 1. The zero-order chi connectivity index (χ0) is 18.7. The zero-order valence-corrected chi connectivity index (χ0v) is 15.3. The minimum absolute atomic E-state index is 0.0535. The Labute approximate surface area is 156 Å². The standard InChI is InChI=1S/C20H19ClN2O3/c1-13-7-8-17(16(21)9-13)22-19(24)12-26-20(25)11-23-14(2)10-15-5-3-4-6-18(15)23/h3-10H,11-12H2,1-2H3,(H,22,24). The summed E-state index contributed by atoms with van der Waals surface area (Å²) in [6.07, 6.45) is 0. The highest BCUT2D eigenvalue weighted by Gasteiger charge is 2.13. The lowest BCUT2D eigenvalue weighted by atomic mass is 10.2. The number of ether oxygens (including phenoxy) is 1. The molecule has 0 spiro atoms. The first-order valence-electron chi connectivity index (χ1n) is 8.20. The topological polar surface area (TPSA) is 60.3 Å². The van der Waals surface area contributed by atoms with E-state index in [1.807, 2.05) is 54.8 Å². The third-order valence-corrected chi connectivity index (χ3v) is 4.38. The van der Waals surface area contributed by atoms with E-state index in [0.29, 0.717) is 10.7 Å². The van der Waals surface area contributed by atoms with Crippen molar-refractivity contribution in [3.63, 3.8) is 0 Å². The second-order valence-electron chi connectivity index (χ2n) is 6.12. The second-order valence-corrected chi connectivity index (χ2v) is 6.53. The van der Waals surface area contributed by atoms with Crippen LogP contribution < -0.4 is 5.32 Å². The maximum Gasteiger partial charge on any atom is 0.326 e. The molecule has 0 radical (unpaired) electrons. The molecule has 0 saturated carbocycles. The molecule has 1 heterocycles. The molecule has 3 rings (SSSR count). The second kappa shape index (κ2) is 7.62. The number of hydrogen-bond donors (Lipinski definition) is 1. The van der Waals surface area contributed by atoms with E-state index in [-0.39, 0.29) is 13.2 Å². The molecule has 1 aromatic heterocycles. The minimum Gasteiger partial charge on any atom is -0.454 e. The summed E-state index contributed by atoms with van der Waals surface area (Å²) in [5, 5.41) is 4.14. The van der Waals surface area contributed by atoms with Crippen molar-refractivity contribution in [1.82, 2.24) is 4.57 Å². The number of nitrogens with zero attached hydrogens (tertiary/aromatic N) is 1. The van der Waals surface area contributed by atoms with Gasteiger partial charge in [0.15, 0.2) is 6.61 Å². The van der Waals surface area contributed by atoms with Gasteiger partial charge < -0.3 is 14.6 Å². The number of benzene rings is 2. The van der Waals surface area contributed by atoms with E-state index >= 15 is 0 Å². The van der Waals surface area contributed by atoms with Crippen LogP contribution in [0.5, 0.6) is 0 Å². The van der Waals surface area contributed by atoms with Crippen LogP contribution in [-0.2, 0) is 20.9 Å². The van der Waals surface area contributed by atoms with Crippen LogP contribution in [0.15, 0.2) is 48.5 Å². The van der Waals surface area contributed by atoms with Crippen molar-refractivity contribution >= 4 is 40.1 Å². The van der Waals surface area contributed by atoms with Gasteiger partial charge in [0.25, 0.3) is 5.91 Å². The third-order valence-electron chi connectivity index (χ3n) is 4.07. The first-order chi connectivity index (χ1) is 12.4. The maximum absolute atomic E-state index is 12.1. The Hall–Kier alpha value is -2.79. The summed E-state index contributed by atoms with van der Waals surface area (Å²) >= 11 is 6.08. The number of rotatable bonds is 5. The molecule has 3 aromatic rings. The van der Waals surface area contributed by atoms with Gasteiger partial charge in [0, 0.05) is 11.2 Å². The molecule has 0 saturated heterocycles. The molecule has 0 aliphatic heterocycles. The fourth-order valence-corrected chi connectivity index (χ4v) is 3.07. The molecule has 0 unspecified atom stereocenters. The average Bonchev–Trinajstić information content (AvgIpc) is 2.91. The molecular formula is C20H19ClN2O3. The van der Waals surface area contributed by atoms with E-state index in [1.165, 1.54) is 0 Å². The molecule has 0 aliphatic rings. The van der Waals surface area contributed by atoms with Crippen molar-refractivity contribution in [3.8, 4) is 0 Å². The molecule has 5 nitrogen and oxygen atoms in total. The number of aryl methyl sites for hydroxylation is 2. The Kier molecular flexibility index (Phi) is 5.28. The predicted octanol–water partition coefficient (Wildman–Crippen LogP) is 4.09. The SMILES string of the molecule is Cc1ccc(NC(=O)COC(=O)Cn2c(C)cc3ccccc32)c(Cl)c1. The molecule has 1 N–H and O–H groups in total. The van der Waals surface area contributed by atoms with E-state index in [4.69, 9.17) is 16.3 Å². The van der Waals surface area contributed by atoms with Crippen LogP contribution in [0.1, 0.15) is 11.3 Å². The number of esters is 1. The molecule has 1 amide bonds. The van der Waals surface area contributed by atoms with Gasteiger partial charge in [-0.1, -0.05) is 35.9 Å². The lowest BCUT2D eigenvalue weighted by Crippen LogP contribution is -2.23. The Balaban J connectivity index is 1.58. The molecular weight excluding hydrogens is 352 g/mol. The molecule has 134 valence electrons. The van der Waals surface area contributed by atoms with Gasteiger partial charge in [0.05, 0.1) is 10.7 Å². The molecule has 0 aliphatic carbocycles. The maximum atomic E-state index is 12.1. The number of halogens is 1. The minimum atomic E-state index is -0.473. The number of anilines is 1. The van der Waals surface area contributed by atoms with Crippen LogP contribution in [0.4, 0.5) is 5.69 Å². The van der Waals surface area contributed by atoms with Crippen molar-refractivity contribution in [1.29, 1.82) is 0 Å². The number of carbonyl (C=O) groups is 2. The Morgan fingerprint density at radius 1 is 1.12 bits per heavy atom. The van der Waals surface area contributed by atoms with E-state index in [1.54, 1.807) is 12.1 Å². The quantitative estimate of drug-likeness (QED) is 0.688. The lowest BCUT2D eigenvalue weighted by Gasteiger charge is -2.10. The normalized spacial score (nSPS) is 10.7. The van der Waals surface area contributed by atoms with Crippen LogP contribution in [0.3, 0.4) is 0 Å². The van der Waals surface area contributed by atoms with Gasteiger partial charge in [-0.3, -0.25) is 9.59 Å². The molecule has 0 bridgehead atoms. The van der Waals surface area contributed by atoms with Gasteiger partial charge in [0.2, 0.25) is 0 Å². The molecule has 26 heavy (non-hydrogen) atoms. The number of carbonyl (C=O) groups excluding carboxylic acids is 2. The Morgan fingerprint density at radius 2 is 1.88 bits per heavy atom. The van der Waals surface area contributed by atoms with Gasteiger partial charge in [-0.2, -0.15) is 0 Å². The van der Waals surface area contributed by atoms with Crippen LogP contribution >= 0.6 is 11.6 Å². The summed E-state index contributed by atoms with van der Waals surface area (Å²) in [6, 6.07) is 15.1. The number of nitrogens with one attached hydrogen (secondary N) is 1. The summed E-state index contributed by atoms with van der Waals surface area (Å²) in [7, 11) is 0. The summed E-state index contributed by atoms with van der Waals surface area (Å²) in [6.45, 7) is 3.53. The van der Waals surface area contributed by atoms with Crippen molar-refractivity contribution < 1.29 is 14.3 Å². The number of hydrogen-bond acceptors (Lipinski definition) is 3. The van der Waals surface area contributed by atoms with E-state index in [9.17, 15) is 9.59 Å². The summed E-state index contributed by atoms with van der Waals surface area (Å²) < 4.78 is 6.97. The largest absolute Gasteiger partial charge is 0.454 e. The smallest absolute Gasteiger partial charge is 0.326 e. The van der Waals surface area contributed by atoms with E-state index in [0.717, 1.165) is 22.2 Å². The average molecular weight is 371 g/mol. The van der Waals surface area contributed by atoms with Crippen LogP contribution in [0.25, 0.3) is 10.9 Å². The summed E-state index contributed by atoms with van der Waals surface area (Å²) in [5.74, 6) is -0.905. The third kappa shape index (κ3) is 4.06. The lowest BCUT2D eigenvalue weighted by molar-refractivity contribution is -0.147. The van der Waals surface area contributed by atoms with Crippen molar-refractivity contribution in [3.05, 3.63) is 64.8 Å². The van der Waals surface area contributed by atoms with Crippen molar-refractivity contribution in [2.24, 2.45) is 0 Å². The van der Waals surface area contributed by atoms with E-state index < -0.39 is 11.9 Å². The van der Waals surface area contributed by atoms with Gasteiger partial charge in [-0.15, -0.1) is 0 Å². The van der Waals surface area contributed by atoms with Crippen LogP contribution in [0.2, 0.25) is 5.02 Å². The van der Waals surface area contributed by atoms with E-state index in [2.05, 4.69) is 5.32 Å². The molecule has 0 atom stereocenters. The van der Waals surface area contributed by atoms with Crippen LogP contribution in [-0.4, -0.2) is 23.1 Å². The number of para-hydroxylation sites is 1. The summed E-state index contributed by atoms with van der Waals surface area (Å²) in [5.41, 5.74) is 3.40. The Bertz CT molecular complexity index is 978. The van der Waals surface area contributed by atoms with Gasteiger partial charge in [0.1, 0.15) is 6.54 Å². The van der Waals surface area contributed by atoms with Crippen molar-refractivity contribution in [2.45, 2.75) is 20.4 Å². The highest BCUT2D eigenvalue weighted by Crippen LogP contribution is 2.22. The highest BCUT2D eigenvalue weighted by atomic mass is 35.5. The van der Waals surface area contributed by atoms with Gasteiger partial charge in [-0.05, 0) is 49.1 Å². The number of fused-ring (bicyclic) bond motifs is 1. The van der Waals surface area contributed by atoms with Gasteiger partial charge >= 0.3 is 5.97 Å². The van der Waals surface area contributed by atoms with Crippen LogP contribution in [0, 0.1) is 13.8 Å². The Morgan fingerprint density at radius 3 is 2.65 bits per heavy atom. The summed E-state index contributed by atoms with van der Waals surface area (Å²) in [4.78, 5) is 24.1. The monoisotopic (exact) mass is 370 g/mol.